The van der Waals surface area contributed by atoms with Gasteiger partial charge in [-0.3, -0.25) is 4.79 Å². The van der Waals surface area contributed by atoms with Gasteiger partial charge in [0.15, 0.2) is 0 Å². The van der Waals surface area contributed by atoms with Gasteiger partial charge < -0.3 is 10.1 Å². The Bertz CT molecular complexity index is 286. The van der Waals surface area contributed by atoms with E-state index in [4.69, 9.17) is 4.74 Å². The number of esters is 1. The van der Waals surface area contributed by atoms with E-state index in [1.807, 2.05) is 20.8 Å². The minimum Gasteiger partial charge on any atom is -0.459 e. The monoisotopic (exact) mass is 241 g/mol. The first-order valence-corrected chi connectivity index (χ1v) is 6.41. The second-order valence-corrected chi connectivity index (χ2v) is 7.21. The SMILES string of the molecule is CC(C)(C)OC(=O)CNCC1C(C)(C)C1(C)C. The molecule has 1 aliphatic rings. The Morgan fingerprint density at radius 2 is 1.65 bits per heavy atom. The molecule has 1 saturated carbocycles. The van der Waals surface area contributed by atoms with Crippen molar-refractivity contribution in [3.05, 3.63) is 0 Å². The molecule has 0 spiro atoms. The van der Waals surface area contributed by atoms with Gasteiger partial charge in [-0.2, -0.15) is 0 Å². The third-order valence-corrected chi connectivity index (χ3v) is 4.36. The molecule has 0 radical (unpaired) electrons. The van der Waals surface area contributed by atoms with Gasteiger partial charge in [-0.05, 0) is 44.1 Å². The normalized spacial score (nSPS) is 22.3. The molecule has 0 saturated heterocycles. The van der Waals surface area contributed by atoms with Crippen molar-refractivity contribution in [2.45, 2.75) is 54.1 Å². The highest BCUT2D eigenvalue weighted by Gasteiger charge is 2.63. The Kier molecular flexibility index (Phi) is 3.64. The molecular formula is C14H27NO2. The van der Waals surface area contributed by atoms with Gasteiger partial charge in [-0.1, -0.05) is 27.7 Å². The molecule has 0 aromatic carbocycles. The van der Waals surface area contributed by atoms with Crippen molar-refractivity contribution in [3.63, 3.8) is 0 Å². The second kappa shape index (κ2) is 4.27. The minimum atomic E-state index is -0.392. The molecule has 17 heavy (non-hydrogen) atoms. The summed E-state index contributed by atoms with van der Waals surface area (Å²) in [6.07, 6.45) is 0. The van der Waals surface area contributed by atoms with E-state index in [9.17, 15) is 4.79 Å². The molecule has 0 heterocycles. The van der Waals surface area contributed by atoms with Gasteiger partial charge in [0.2, 0.25) is 0 Å². The largest absolute Gasteiger partial charge is 0.459 e. The highest BCUT2D eigenvalue weighted by atomic mass is 16.6. The maximum atomic E-state index is 11.5. The molecule has 0 aromatic heterocycles. The third-order valence-electron chi connectivity index (χ3n) is 4.36. The molecule has 1 fully saturated rings. The molecule has 100 valence electrons. The van der Waals surface area contributed by atoms with E-state index in [1.165, 1.54) is 0 Å². The first kappa shape index (κ1) is 14.5. The van der Waals surface area contributed by atoms with Gasteiger partial charge in [0.05, 0.1) is 6.54 Å². The van der Waals surface area contributed by atoms with Crippen molar-refractivity contribution in [1.29, 1.82) is 0 Å². The summed E-state index contributed by atoms with van der Waals surface area (Å²) in [7, 11) is 0. The van der Waals surface area contributed by atoms with Crippen LogP contribution in [0, 0.1) is 16.7 Å². The smallest absolute Gasteiger partial charge is 0.320 e. The van der Waals surface area contributed by atoms with Gasteiger partial charge in [0, 0.05) is 0 Å². The van der Waals surface area contributed by atoms with Crippen LogP contribution in [0.1, 0.15) is 48.5 Å². The zero-order valence-electron chi connectivity index (χ0n) is 12.3. The standard InChI is InChI=1S/C14H27NO2/c1-12(2,3)17-11(16)9-15-8-10-13(4,5)14(10,6)7/h10,15H,8-9H2,1-7H3. The van der Waals surface area contributed by atoms with Gasteiger partial charge in [0.25, 0.3) is 0 Å². The molecule has 0 aromatic rings. The third kappa shape index (κ3) is 3.21. The van der Waals surface area contributed by atoms with E-state index in [0.29, 0.717) is 23.3 Å². The molecule has 1 rings (SSSR count). The lowest BCUT2D eigenvalue weighted by Gasteiger charge is -2.19. The Morgan fingerprint density at radius 1 is 1.18 bits per heavy atom. The first-order chi connectivity index (χ1) is 7.48. The van der Waals surface area contributed by atoms with E-state index < -0.39 is 5.60 Å². The van der Waals surface area contributed by atoms with Gasteiger partial charge >= 0.3 is 5.97 Å². The Balaban J connectivity index is 2.25. The van der Waals surface area contributed by atoms with E-state index in [1.54, 1.807) is 0 Å². The highest BCUT2D eigenvalue weighted by molar-refractivity contribution is 5.72. The summed E-state index contributed by atoms with van der Waals surface area (Å²) in [5.74, 6) is 0.464. The number of nitrogens with one attached hydrogen (secondary N) is 1. The van der Waals surface area contributed by atoms with E-state index in [-0.39, 0.29) is 5.97 Å². The molecule has 0 amide bonds. The molecule has 3 heteroatoms. The summed E-state index contributed by atoms with van der Waals surface area (Å²) in [6.45, 7) is 16.0. The summed E-state index contributed by atoms with van der Waals surface area (Å²) >= 11 is 0. The van der Waals surface area contributed by atoms with E-state index >= 15 is 0 Å². The molecule has 0 unspecified atom stereocenters. The summed E-state index contributed by atoms with van der Waals surface area (Å²) in [5.41, 5.74) is 0.346. The predicted molar refractivity (Wildman–Crippen MR) is 69.8 cm³/mol. The maximum absolute atomic E-state index is 11.5. The van der Waals surface area contributed by atoms with Crippen LogP contribution in [0.3, 0.4) is 0 Å². The van der Waals surface area contributed by atoms with Gasteiger partial charge in [-0.15, -0.1) is 0 Å². The van der Waals surface area contributed by atoms with Gasteiger partial charge in [0.1, 0.15) is 5.60 Å². The number of ether oxygens (including phenoxy) is 1. The fraction of sp³-hybridized carbons (Fsp3) is 0.929. The van der Waals surface area contributed by atoms with Crippen LogP contribution in [0.2, 0.25) is 0 Å². The van der Waals surface area contributed by atoms with Crippen molar-refractivity contribution < 1.29 is 9.53 Å². The van der Waals surface area contributed by atoms with Crippen molar-refractivity contribution in [2.75, 3.05) is 13.1 Å². The predicted octanol–water partition coefficient (Wildman–Crippen LogP) is 2.60. The zero-order chi connectivity index (χ0) is 13.5. The highest BCUT2D eigenvalue weighted by Crippen LogP contribution is 2.67. The number of carbonyl (C=O) groups is 1. The summed E-state index contributed by atoms with van der Waals surface area (Å²) in [6, 6.07) is 0. The number of rotatable bonds is 4. The molecule has 0 atom stereocenters. The average molecular weight is 241 g/mol. The number of carbonyl (C=O) groups excluding carboxylic acids is 1. The van der Waals surface area contributed by atoms with Crippen molar-refractivity contribution in [2.24, 2.45) is 16.7 Å². The molecular weight excluding hydrogens is 214 g/mol. The van der Waals surface area contributed by atoms with Crippen LogP contribution in [0.15, 0.2) is 0 Å². The Labute approximate surface area is 105 Å². The Hall–Kier alpha value is -0.570. The van der Waals surface area contributed by atoms with E-state index in [2.05, 4.69) is 33.0 Å². The minimum absolute atomic E-state index is 0.172. The average Bonchev–Trinajstić information content (AvgIpc) is 2.43. The Morgan fingerprint density at radius 3 is 2.00 bits per heavy atom. The lowest BCUT2D eigenvalue weighted by Crippen LogP contribution is -2.32. The van der Waals surface area contributed by atoms with Crippen LogP contribution in [0.4, 0.5) is 0 Å². The van der Waals surface area contributed by atoms with Crippen molar-refractivity contribution in [3.8, 4) is 0 Å². The number of hydrogen-bond donors (Lipinski definition) is 1. The topological polar surface area (TPSA) is 38.3 Å². The molecule has 3 nitrogen and oxygen atoms in total. The fourth-order valence-electron chi connectivity index (χ4n) is 2.54. The molecule has 0 aliphatic heterocycles. The zero-order valence-corrected chi connectivity index (χ0v) is 12.3. The molecule has 0 bridgehead atoms. The van der Waals surface area contributed by atoms with Crippen LogP contribution in [0.5, 0.6) is 0 Å². The van der Waals surface area contributed by atoms with Crippen LogP contribution < -0.4 is 5.32 Å². The lowest BCUT2D eigenvalue weighted by molar-refractivity contribution is -0.153. The fourth-order valence-corrected chi connectivity index (χ4v) is 2.54. The summed E-state index contributed by atoms with van der Waals surface area (Å²) < 4.78 is 5.24. The second-order valence-electron chi connectivity index (χ2n) is 7.21. The van der Waals surface area contributed by atoms with E-state index in [0.717, 1.165) is 6.54 Å². The first-order valence-electron chi connectivity index (χ1n) is 6.41. The summed E-state index contributed by atoms with van der Waals surface area (Å²) in [4.78, 5) is 11.5. The van der Waals surface area contributed by atoms with Crippen LogP contribution in [-0.4, -0.2) is 24.7 Å². The van der Waals surface area contributed by atoms with Crippen LogP contribution in [-0.2, 0) is 9.53 Å². The molecule has 1 N–H and O–H groups in total. The summed E-state index contributed by atoms with van der Waals surface area (Å²) in [5, 5.41) is 3.21. The van der Waals surface area contributed by atoms with Crippen LogP contribution in [0.25, 0.3) is 0 Å². The van der Waals surface area contributed by atoms with Crippen molar-refractivity contribution in [1.82, 2.24) is 5.32 Å². The lowest BCUT2D eigenvalue weighted by atomic mass is 10.0. The van der Waals surface area contributed by atoms with Crippen molar-refractivity contribution >= 4 is 5.97 Å². The van der Waals surface area contributed by atoms with Gasteiger partial charge in [-0.25, -0.2) is 0 Å². The molecule has 1 aliphatic carbocycles. The van der Waals surface area contributed by atoms with Crippen LogP contribution >= 0.6 is 0 Å². The number of hydrogen-bond acceptors (Lipinski definition) is 3. The quantitative estimate of drug-likeness (QED) is 0.769. The maximum Gasteiger partial charge on any atom is 0.320 e.